The molecule has 1 unspecified atom stereocenters. The van der Waals surface area contributed by atoms with E-state index in [-0.39, 0.29) is 37.5 Å². The van der Waals surface area contributed by atoms with Crippen molar-refractivity contribution in [3.05, 3.63) is 48.6 Å². The molecule has 6 nitrogen and oxygen atoms in total. The zero-order chi connectivity index (χ0) is 45.1. The van der Waals surface area contributed by atoms with Crippen LogP contribution in [0.15, 0.2) is 48.6 Å². The number of rotatable bonds is 48. The van der Waals surface area contributed by atoms with Gasteiger partial charge in [-0.25, -0.2) is 0 Å². The zero-order valence-corrected chi connectivity index (χ0v) is 41.1. The topological polar surface area (TPSA) is 78.9 Å². The molecule has 0 aromatic heterocycles. The lowest BCUT2D eigenvalue weighted by molar-refractivity contribution is -0.166. The summed E-state index contributed by atoms with van der Waals surface area (Å²) in [6.45, 7) is 6.48. The SMILES string of the molecule is CC/C=C\C/C=C\CCCCCCCC(=O)OCC(COC(=O)CCCCCCCCCCCCCCCCCCCCC)OC(=O)CC/C=C\C/C=C\CCCCCCCC. The standard InChI is InChI=1S/C56H100O6/c1-4-7-10-13-16-19-22-25-26-27-28-29-30-32-34-37-40-43-46-49-55(58)61-52-53(51-60-54(57)48-45-42-39-36-33-24-21-18-15-12-9-6-3)62-56(59)50-47-44-41-38-35-31-23-20-17-14-11-8-5-2/h9,12,18,21,31,35,41,44,53H,4-8,10-11,13-17,19-20,22-30,32-34,36-40,42-43,45-52H2,1-3H3/b12-9-,21-18-,35-31-,44-41-. The average Bonchev–Trinajstić information content (AvgIpc) is 3.27. The van der Waals surface area contributed by atoms with E-state index in [1.807, 2.05) is 6.08 Å². The first-order valence-electron chi connectivity index (χ1n) is 26.6. The maximum atomic E-state index is 12.7. The van der Waals surface area contributed by atoms with Crippen LogP contribution >= 0.6 is 0 Å². The summed E-state index contributed by atoms with van der Waals surface area (Å²) in [6.07, 6.45) is 61.2. The maximum Gasteiger partial charge on any atom is 0.306 e. The molecule has 0 aliphatic heterocycles. The number of ether oxygens (including phenoxy) is 3. The predicted octanol–water partition coefficient (Wildman–Crippen LogP) is 17.5. The predicted molar refractivity (Wildman–Crippen MR) is 265 cm³/mol. The normalized spacial score (nSPS) is 12.4. The fraction of sp³-hybridized carbons (Fsp3) is 0.804. The van der Waals surface area contributed by atoms with Crippen molar-refractivity contribution >= 4 is 17.9 Å². The summed E-state index contributed by atoms with van der Waals surface area (Å²) >= 11 is 0. The summed E-state index contributed by atoms with van der Waals surface area (Å²) in [4.78, 5) is 37.9. The van der Waals surface area contributed by atoms with Gasteiger partial charge < -0.3 is 14.2 Å². The Bertz CT molecular complexity index is 1090. The molecule has 1 atom stereocenters. The molecule has 0 aliphatic rings. The second-order valence-corrected chi connectivity index (χ2v) is 17.8. The van der Waals surface area contributed by atoms with Crippen LogP contribution in [-0.2, 0) is 28.6 Å². The van der Waals surface area contributed by atoms with Gasteiger partial charge in [0.15, 0.2) is 6.10 Å². The minimum Gasteiger partial charge on any atom is -0.462 e. The Morgan fingerprint density at radius 3 is 1.03 bits per heavy atom. The van der Waals surface area contributed by atoms with Gasteiger partial charge in [-0.15, -0.1) is 0 Å². The number of carbonyl (C=O) groups is 3. The van der Waals surface area contributed by atoms with Crippen molar-refractivity contribution in [3.8, 4) is 0 Å². The molecule has 0 rings (SSSR count). The quantitative estimate of drug-likeness (QED) is 0.0262. The molecule has 360 valence electrons. The van der Waals surface area contributed by atoms with E-state index in [0.717, 1.165) is 83.5 Å². The summed E-state index contributed by atoms with van der Waals surface area (Å²) in [6, 6.07) is 0. The second-order valence-electron chi connectivity index (χ2n) is 17.8. The first-order valence-corrected chi connectivity index (χ1v) is 26.6. The van der Waals surface area contributed by atoms with Crippen molar-refractivity contribution in [2.24, 2.45) is 0 Å². The van der Waals surface area contributed by atoms with Crippen LogP contribution in [0.25, 0.3) is 0 Å². The Kier molecular flexibility index (Phi) is 48.8. The van der Waals surface area contributed by atoms with Crippen LogP contribution in [-0.4, -0.2) is 37.2 Å². The second kappa shape index (κ2) is 51.0. The molecule has 6 heteroatoms. The third kappa shape index (κ3) is 48.4. The van der Waals surface area contributed by atoms with Crippen molar-refractivity contribution in [1.82, 2.24) is 0 Å². The number of hydrogen-bond acceptors (Lipinski definition) is 6. The zero-order valence-electron chi connectivity index (χ0n) is 41.1. The molecule has 0 saturated heterocycles. The van der Waals surface area contributed by atoms with Crippen molar-refractivity contribution < 1.29 is 28.6 Å². The molecular formula is C56H100O6. The highest BCUT2D eigenvalue weighted by Crippen LogP contribution is 2.16. The molecule has 0 heterocycles. The molecule has 0 radical (unpaired) electrons. The molecule has 0 saturated carbocycles. The van der Waals surface area contributed by atoms with Gasteiger partial charge in [-0.05, 0) is 64.2 Å². The molecule has 62 heavy (non-hydrogen) atoms. The van der Waals surface area contributed by atoms with Crippen LogP contribution < -0.4 is 0 Å². The summed E-state index contributed by atoms with van der Waals surface area (Å²) in [5.41, 5.74) is 0. The fourth-order valence-corrected chi connectivity index (χ4v) is 7.59. The summed E-state index contributed by atoms with van der Waals surface area (Å²) in [7, 11) is 0. The Morgan fingerprint density at radius 2 is 0.661 bits per heavy atom. The largest absolute Gasteiger partial charge is 0.462 e. The smallest absolute Gasteiger partial charge is 0.306 e. The van der Waals surface area contributed by atoms with Gasteiger partial charge in [0, 0.05) is 19.3 Å². The van der Waals surface area contributed by atoms with Crippen molar-refractivity contribution in [2.75, 3.05) is 13.2 Å². The molecule has 0 aliphatic carbocycles. The Balaban J connectivity index is 4.35. The van der Waals surface area contributed by atoms with Crippen LogP contribution in [0, 0.1) is 0 Å². The van der Waals surface area contributed by atoms with Gasteiger partial charge in [0.2, 0.25) is 0 Å². The third-order valence-electron chi connectivity index (χ3n) is 11.6. The van der Waals surface area contributed by atoms with E-state index in [1.165, 1.54) is 141 Å². The van der Waals surface area contributed by atoms with Gasteiger partial charge in [0.1, 0.15) is 13.2 Å². The van der Waals surface area contributed by atoms with Gasteiger partial charge in [0.25, 0.3) is 0 Å². The van der Waals surface area contributed by atoms with Gasteiger partial charge in [-0.1, -0.05) is 236 Å². The van der Waals surface area contributed by atoms with Crippen LogP contribution in [0.5, 0.6) is 0 Å². The van der Waals surface area contributed by atoms with E-state index in [4.69, 9.17) is 14.2 Å². The Labute approximate surface area is 384 Å². The van der Waals surface area contributed by atoms with E-state index in [9.17, 15) is 14.4 Å². The molecule has 0 bridgehead atoms. The van der Waals surface area contributed by atoms with Gasteiger partial charge in [-0.2, -0.15) is 0 Å². The Hall–Kier alpha value is -2.63. The minimum atomic E-state index is -0.806. The van der Waals surface area contributed by atoms with Gasteiger partial charge in [-0.3, -0.25) is 14.4 Å². The van der Waals surface area contributed by atoms with E-state index in [2.05, 4.69) is 63.3 Å². The summed E-state index contributed by atoms with van der Waals surface area (Å²) in [5, 5.41) is 0. The lowest BCUT2D eigenvalue weighted by Crippen LogP contribution is -2.30. The van der Waals surface area contributed by atoms with Crippen molar-refractivity contribution in [3.63, 3.8) is 0 Å². The van der Waals surface area contributed by atoms with Crippen molar-refractivity contribution in [1.29, 1.82) is 0 Å². The van der Waals surface area contributed by atoms with Crippen LogP contribution in [0.1, 0.15) is 271 Å². The molecule has 0 N–H and O–H groups in total. The third-order valence-corrected chi connectivity index (χ3v) is 11.6. The van der Waals surface area contributed by atoms with Crippen LogP contribution in [0.3, 0.4) is 0 Å². The minimum absolute atomic E-state index is 0.0977. The molecule has 0 spiro atoms. The first-order chi connectivity index (χ1) is 30.5. The number of carbonyl (C=O) groups excluding carboxylic acids is 3. The summed E-state index contributed by atoms with van der Waals surface area (Å²) < 4.78 is 16.7. The molecule has 0 amide bonds. The average molecular weight is 869 g/mol. The van der Waals surface area contributed by atoms with E-state index >= 15 is 0 Å². The maximum absolute atomic E-state index is 12.7. The highest BCUT2D eigenvalue weighted by Gasteiger charge is 2.19. The van der Waals surface area contributed by atoms with Gasteiger partial charge in [0.05, 0.1) is 0 Å². The number of unbranched alkanes of at least 4 members (excludes halogenated alkanes) is 29. The highest BCUT2D eigenvalue weighted by molar-refractivity contribution is 5.71. The van der Waals surface area contributed by atoms with E-state index < -0.39 is 6.10 Å². The fourth-order valence-electron chi connectivity index (χ4n) is 7.59. The van der Waals surface area contributed by atoms with E-state index in [1.54, 1.807) is 0 Å². The van der Waals surface area contributed by atoms with E-state index in [0.29, 0.717) is 19.3 Å². The molecular weight excluding hydrogens is 769 g/mol. The van der Waals surface area contributed by atoms with Crippen molar-refractivity contribution in [2.45, 2.75) is 277 Å². The first kappa shape index (κ1) is 59.4. The molecule has 0 aromatic rings. The molecule has 0 aromatic carbocycles. The van der Waals surface area contributed by atoms with Crippen LogP contribution in [0.2, 0.25) is 0 Å². The summed E-state index contributed by atoms with van der Waals surface area (Å²) in [5.74, 6) is -0.973. The lowest BCUT2D eigenvalue weighted by atomic mass is 10.0. The van der Waals surface area contributed by atoms with Crippen LogP contribution in [0.4, 0.5) is 0 Å². The number of hydrogen-bond donors (Lipinski definition) is 0. The number of esters is 3. The lowest BCUT2D eigenvalue weighted by Gasteiger charge is -2.18. The Morgan fingerprint density at radius 1 is 0.339 bits per heavy atom. The van der Waals surface area contributed by atoms with Gasteiger partial charge >= 0.3 is 17.9 Å². The molecule has 0 fully saturated rings. The highest BCUT2D eigenvalue weighted by atomic mass is 16.6. The number of allylic oxidation sites excluding steroid dienone is 8. The monoisotopic (exact) mass is 869 g/mol.